The molecular formula is C13H21N3O2S. The summed E-state index contributed by atoms with van der Waals surface area (Å²) in [6, 6.07) is 3.99. The molecule has 0 fully saturated rings. The van der Waals surface area contributed by atoms with Gasteiger partial charge < -0.3 is 14.8 Å². The fourth-order valence-corrected chi connectivity index (χ4v) is 3.33. The minimum absolute atomic E-state index is 0.0701. The minimum Gasteiger partial charge on any atom is -0.348 e. The molecular weight excluding hydrogens is 262 g/mol. The molecule has 1 aliphatic rings. The van der Waals surface area contributed by atoms with Crippen LogP contribution in [0, 0.1) is 0 Å². The molecule has 2 rings (SSSR count). The molecule has 0 spiro atoms. The molecule has 0 aromatic carbocycles. The Labute approximate surface area is 116 Å². The molecule has 5 nitrogen and oxygen atoms in total. The maximum atomic E-state index is 12.2. The van der Waals surface area contributed by atoms with Crippen LogP contribution in [0.25, 0.3) is 0 Å². The van der Waals surface area contributed by atoms with Gasteiger partial charge in [0.15, 0.2) is 0 Å². The number of rotatable bonds is 3. The Hall–Kier alpha value is -1.30. The molecule has 1 aromatic rings. The molecule has 0 saturated heterocycles. The third kappa shape index (κ3) is 3.18. The van der Waals surface area contributed by atoms with E-state index in [4.69, 9.17) is 0 Å². The number of carbonyl (C=O) groups excluding carboxylic acids is 1. The van der Waals surface area contributed by atoms with Crippen LogP contribution in [-0.2, 0) is 17.3 Å². The summed E-state index contributed by atoms with van der Waals surface area (Å²) >= 11 is 0. The van der Waals surface area contributed by atoms with Crippen LogP contribution >= 0.6 is 0 Å². The summed E-state index contributed by atoms with van der Waals surface area (Å²) in [5.41, 5.74) is 1.16. The summed E-state index contributed by atoms with van der Waals surface area (Å²) in [5.74, 6) is 0.490. The predicted molar refractivity (Wildman–Crippen MR) is 76.5 cm³/mol. The van der Waals surface area contributed by atoms with Gasteiger partial charge in [0.1, 0.15) is 0 Å². The number of nitrogens with zero attached hydrogens (tertiary/aromatic N) is 2. The summed E-state index contributed by atoms with van der Waals surface area (Å²) < 4.78 is 13.3. The monoisotopic (exact) mass is 283 g/mol. The maximum absolute atomic E-state index is 12.2. The Kier molecular flexibility index (Phi) is 4.29. The van der Waals surface area contributed by atoms with E-state index in [9.17, 15) is 9.00 Å². The van der Waals surface area contributed by atoms with Crippen molar-refractivity contribution in [1.29, 1.82) is 0 Å². The first kappa shape index (κ1) is 14.1. The zero-order valence-corrected chi connectivity index (χ0v) is 12.4. The molecule has 1 N–H and O–H groups in total. The number of nitrogens with one attached hydrogen (secondary N) is 1. The molecule has 1 aromatic heterocycles. The average molecular weight is 283 g/mol. The zero-order chi connectivity index (χ0) is 14.0. The van der Waals surface area contributed by atoms with Crippen LogP contribution in [0.4, 0.5) is 4.79 Å². The highest BCUT2D eigenvalue weighted by molar-refractivity contribution is 7.84. The number of carbonyl (C=O) groups is 1. The second kappa shape index (κ2) is 5.77. The van der Waals surface area contributed by atoms with Gasteiger partial charge in [-0.2, -0.15) is 0 Å². The molecule has 0 radical (unpaired) electrons. The first-order chi connectivity index (χ1) is 8.99. The standard InChI is InChI=1S/C13H21N3O2S/c1-10(9-19(3)18)14-13(17)16-8-7-15-6-4-5-12(15)11(16)2/h4-6,10-11H,7-9H2,1-3H3,(H,14,17). The number of urea groups is 1. The second-order valence-electron chi connectivity index (χ2n) is 5.09. The van der Waals surface area contributed by atoms with Gasteiger partial charge >= 0.3 is 6.03 Å². The SMILES string of the molecule is CC(CS(C)=O)NC(=O)N1CCn2cccc2C1C. The molecule has 19 heavy (non-hydrogen) atoms. The van der Waals surface area contributed by atoms with E-state index in [1.807, 2.05) is 31.0 Å². The van der Waals surface area contributed by atoms with Crippen molar-refractivity contribution in [3.8, 4) is 0 Å². The third-order valence-corrected chi connectivity index (χ3v) is 4.43. The summed E-state index contributed by atoms with van der Waals surface area (Å²) in [5, 5.41) is 2.92. The lowest BCUT2D eigenvalue weighted by molar-refractivity contribution is 0.160. The number of hydrogen-bond acceptors (Lipinski definition) is 2. The number of hydrogen-bond donors (Lipinski definition) is 1. The van der Waals surface area contributed by atoms with Crippen LogP contribution in [0.3, 0.4) is 0 Å². The van der Waals surface area contributed by atoms with E-state index in [2.05, 4.69) is 16.0 Å². The van der Waals surface area contributed by atoms with E-state index in [-0.39, 0.29) is 18.1 Å². The van der Waals surface area contributed by atoms with Gasteiger partial charge in [0.05, 0.1) is 6.04 Å². The van der Waals surface area contributed by atoms with Gasteiger partial charge in [0.2, 0.25) is 0 Å². The maximum Gasteiger partial charge on any atom is 0.318 e. The van der Waals surface area contributed by atoms with Crippen molar-refractivity contribution in [2.24, 2.45) is 0 Å². The lowest BCUT2D eigenvalue weighted by atomic mass is 10.1. The quantitative estimate of drug-likeness (QED) is 0.910. The lowest BCUT2D eigenvalue weighted by Crippen LogP contribution is -2.49. The fourth-order valence-electron chi connectivity index (χ4n) is 2.54. The topological polar surface area (TPSA) is 54.3 Å². The van der Waals surface area contributed by atoms with Crippen molar-refractivity contribution in [2.75, 3.05) is 18.6 Å². The lowest BCUT2D eigenvalue weighted by Gasteiger charge is -2.35. The summed E-state index contributed by atoms with van der Waals surface area (Å²) in [6.45, 7) is 5.45. The fraction of sp³-hybridized carbons (Fsp3) is 0.615. The van der Waals surface area contributed by atoms with E-state index >= 15 is 0 Å². The van der Waals surface area contributed by atoms with Crippen molar-refractivity contribution in [3.63, 3.8) is 0 Å². The largest absolute Gasteiger partial charge is 0.348 e. The van der Waals surface area contributed by atoms with Gasteiger partial charge in [-0.1, -0.05) is 0 Å². The van der Waals surface area contributed by atoms with E-state index in [0.717, 1.165) is 12.2 Å². The van der Waals surface area contributed by atoms with Crippen LogP contribution in [0.2, 0.25) is 0 Å². The van der Waals surface area contributed by atoms with Gasteiger partial charge in [-0.25, -0.2) is 4.79 Å². The van der Waals surface area contributed by atoms with Gasteiger partial charge in [0.25, 0.3) is 0 Å². The molecule has 0 bridgehead atoms. The summed E-state index contributed by atoms with van der Waals surface area (Å²) in [7, 11) is -0.893. The molecule has 6 heteroatoms. The normalized spacial score (nSPS) is 21.6. The summed E-state index contributed by atoms with van der Waals surface area (Å²) in [6.07, 6.45) is 3.70. The predicted octanol–water partition coefficient (Wildman–Crippen LogP) is 1.34. The van der Waals surface area contributed by atoms with Crippen LogP contribution in [0.5, 0.6) is 0 Å². The Bertz CT molecular complexity index is 486. The van der Waals surface area contributed by atoms with Crippen molar-refractivity contribution < 1.29 is 9.00 Å². The zero-order valence-electron chi connectivity index (χ0n) is 11.6. The Balaban J connectivity index is 1.99. The highest BCUT2D eigenvalue weighted by Gasteiger charge is 2.27. The van der Waals surface area contributed by atoms with E-state index in [1.54, 1.807) is 6.26 Å². The number of fused-ring (bicyclic) bond motifs is 1. The number of amides is 2. The van der Waals surface area contributed by atoms with Gasteiger partial charge in [-0.3, -0.25) is 4.21 Å². The molecule has 0 aliphatic carbocycles. The Morgan fingerprint density at radius 1 is 1.58 bits per heavy atom. The first-order valence-corrected chi connectivity index (χ1v) is 8.24. The molecule has 3 atom stereocenters. The van der Waals surface area contributed by atoms with Crippen LogP contribution in [0.15, 0.2) is 18.3 Å². The third-order valence-electron chi connectivity index (χ3n) is 3.46. The molecule has 2 amide bonds. The second-order valence-corrected chi connectivity index (χ2v) is 6.57. The Morgan fingerprint density at radius 2 is 2.32 bits per heavy atom. The number of aromatic nitrogens is 1. The minimum atomic E-state index is -0.893. The molecule has 1 aliphatic heterocycles. The molecule has 3 unspecified atom stereocenters. The van der Waals surface area contributed by atoms with Gasteiger partial charge in [-0.15, -0.1) is 0 Å². The Morgan fingerprint density at radius 3 is 3.00 bits per heavy atom. The summed E-state index contributed by atoms with van der Waals surface area (Å²) in [4.78, 5) is 14.1. The highest BCUT2D eigenvalue weighted by Crippen LogP contribution is 2.25. The molecule has 2 heterocycles. The van der Waals surface area contributed by atoms with Crippen molar-refractivity contribution in [2.45, 2.75) is 32.5 Å². The van der Waals surface area contributed by atoms with E-state index in [1.165, 1.54) is 0 Å². The van der Waals surface area contributed by atoms with Gasteiger partial charge in [0, 0.05) is 53.8 Å². The van der Waals surface area contributed by atoms with Crippen LogP contribution < -0.4 is 5.32 Å². The average Bonchev–Trinajstić information content (AvgIpc) is 2.76. The van der Waals surface area contributed by atoms with Gasteiger partial charge in [-0.05, 0) is 26.0 Å². The van der Waals surface area contributed by atoms with Crippen LogP contribution in [-0.4, -0.2) is 44.3 Å². The van der Waals surface area contributed by atoms with Crippen molar-refractivity contribution >= 4 is 16.8 Å². The van der Waals surface area contributed by atoms with Crippen LogP contribution in [0.1, 0.15) is 25.6 Å². The van der Waals surface area contributed by atoms with E-state index in [0.29, 0.717) is 12.3 Å². The first-order valence-electron chi connectivity index (χ1n) is 6.51. The molecule has 0 saturated carbocycles. The van der Waals surface area contributed by atoms with Crippen molar-refractivity contribution in [3.05, 3.63) is 24.0 Å². The highest BCUT2D eigenvalue weighted by atomic mass is 32.2. The molecule has 106 valence electrons. The van der Waals surface area contributed by atoms with E-state index < -0.39 is 10.8 Å². The smallest absolute Gasteiger partial charge is 0.318 e. The van der Waals surface area contributed by atoms with Crippen molar-refractivity contribution in [1.82, 2.24) is 14.8 Å².